The Kier molecular flexibility index (Phi) is 25.0. The maximum absolute atomic E-state index is 5.18. The minimum atomic E-state index is 0. The Morgan fingerprint density at radius 1 is 1.36 bits per heavy atom. The molecule has 1 atom stereocenters. The van der Waals surface area contributed by atoms with Crippen LogP contribution in [0.3, 0.4) is 0 Å². The first-order chi connectivity index (χ1) is 5.81. The largest absolute Gasteiger partial charge is 2.00 e. The van der Waals surface area contributed by atoms with Gasteiger partial charge in [0.05, 0.1) is 0 Å². The Hall–Kier alpha value is 1.42. The molecule has 4 heteroatoms. The van der Waals surface area contributed by atoms with Crippen LogP contribution < -0.4 is 24.0 Å². The van der Waals surface area contributed by atoms with Crippen molar-refractivity contribution in [2.24, 2.45) is 5.92 Å². The summed E-state index contributed by atoms with van der Waals surface area (Å²) in [7, 11) is 1.65. The van der Waals surface area contributed by atoms with Crippen LogP contribution in [0.1, 0.15) is 33.1 Å². The molecule has 2 nitrogen and oxygen atoms in total. The zero-order valence-corrected chi connectivity index (χ0v) is 13.2. The molecular weight excluding hydrogens is 303 g/mol. The quantitative estimate of drug-likeness (QED) is 0.193. The molecule has 0 aromatic carbocycles. The van der Waals surface area contributed by atoms with Crippen molar-refractivity contribution >= 4 is 23.1 Å². The summed E-state index contributed by atoms with van der Waals surface area (Å²) in [4.78, 5) is 0. The Bertz CT molecular complexity index is 94.2. The molecule has 0 aromatic rings. The van der Waals surface area contributed by atoms with Gasteiger partial charge in [0.1, 0.15) is 6.79 Å². The molecule has 0 aliphatic rings. The van der Waals surface area contributed by atoms with Crippen LogP contribution >= 0.6 is 0 Å². The van der Waals surface area contributed by atoms with E-state index < -0.39 is 0 Å². The summed E-state index contributed by atoms with van der Waals surface area (Å²) in [6.45, 7) is 5.63. The summed E-state index contributed by atoms with van der Waals surface area (Å²) in [5.74, 6) is 0.793. The second-order valence-corrected chi connectivity index (χ2v) is 3.21. The summed E-state index contributed by atoms with van der Waals surface area (Å²) >= 11 is 0. The van der Waals surface area contributed by atoms with E-state index >= 15 is 0 Å². The van der Waals surface area contributed by atoms with Crippen molar-refractivity contribution in [3.05, 3.63) is 6.42 Å². The molecule has 1 unspecified atom stereocenters. The number of ether oxygens (including phenoxy) is 2. The van der Waals surface area contributed by atoms with Gasteiger partial charge in [-0.3, -0.25) is 0 Å². The van der Waals surface area contributed by atoms with Crippen LogP contribution in [-0.2, 0) is 9.47 Å². The molecule has 0 amide bonds. The van der Waals surface area contributed by atoms with Gasteiger partial charge in [0, 0.05) is 13.7 Å². The second kappa shape index (κ2) is 16.8. The average Bonchev–Trinajstić information content (AvgIpc) is 2.05. The van der Waals surface area contributed by atoms with Gasteiger partial charge < -0.3 is 39.9 Å². The fraction of sp³-hybridized carbons (Fsp3) is 0.900. The summed E-state index contributed by atoms with van der Waals surface area (Å²) < 4.78 is 9.95. The fourth-order valence-electron chi connectivity index (χ4n) is 1.20. The van der Waals surface area contributed by atoms with E-state index in [1.54, 1.807) is 7.11 Å². The van der Waals surface area contributed by atoms with Crippen LogP contribution in [0.5, 0.6) is 0 Å². The molecule has 0 aromatic heterocycles. The third kappa shape index (κ3) is 15.9. The summed E-state index contributed by atoms with van der Waals surface area (Å²) in [5, 5.41) is 0. The summed E-state index contributed by atoms with van der Waals surface area (Å²) in [6, 6.07) is 0. The molecule has 0 rings (SSSR count). The van der Waals surface area contributed by atoms with Crippen molar-refractivity contribution in [1.82, 2.24) is 0 Å². The molecule has 0 bridgehead atoms. The first kappa shape index (κ1) is 20.8. The van der Waals surface area contributed by atoms with E-state index in [1.807, 2.05) is 0 Å². The van der Waals surface area contributed by atoms with Crippen molar-refractivity contribution in [1.29, 1.82) is 0 Å². The van der Waals surface area contributed by atoms with Crippen LogP contribution in [0.15, 0.2) is 0 Å². The van der Waals surface area contributed by atoms with Gasteiger partial charge in [0.2, 0.25) is 0 Å². The van der Waals surface area contributed by atoms with Gasteiger partial charge in [0.15, 0.2) is 0 Å². The average molecular weight is 324 g/mol. The van der Waals surface area contributed by atoms with Crippen LogP contribution in [-0.4, -0.2) is 43.6 Å². The molecule has 0 heterocycles. The van der Waals surface area contributed by atoms with Crippen LogP contribution in [0, 0.1) is 12.3 Å². The van der Waals surface area contributed by atoms with Crippen molar-refractivity contribution in [3.8, 4) is 0 Å². The molecule has 0 saturated carbocycles. The monoisotopic (exact) mass is 324 g/mol. The Morgan fingerprint density at radius 3 is 2.50 bits per heavy atom. The van der Waals surface area contributed by atoms with E-state index in [0.717, 1.165) is 18.9 Å². The number of halogens is 1. The van der Waals surface area contributed by atoms with Gasteiger partial charge in [0.25, 0.3) is 0 Å². The van der Waals surface area contributed by atoms with E-state index in [0.29, 0.717) is 6.79 Å². The predicted molar refractivity (Wildman–Crippen MR) is 56.6 cm³/mol. The molecule has 14 heavy (non-hydrogen) atoms. The first-order valence-electron chi connectivity index (χ1n) is 4.65. The van der Waals surface area contributed by atoms with E-state index in [4.69, 9.17) is 9.47 Å². The van der Waals surface area contributed by atoms with E-state index in [9.17, 15) is 0 Å². The standard InChI is InChI=1S/C10H21O2.HI.Mg/c1-4-6-10(2)7-5-8-12-9-11-3;;/h4,10H,5-9H2,1-3H3;1H;/q-1;;+2/p-1. The number of methoxy groups -OCH3 is 1. The van der Waals surface area contributed by atoms with Crippen LogP contribution in [0.25, 0.3) is 0 Å². The minimum Gasteiger partial charge on any atom is -1.00 e. The van der Waals surface area contributed by atoms with Gasteiger partial charge in [-0.05, 0) is 6.42 Å². The first-order valence-corrected chi connectivity index (χ1v) is 4.65. The number of rotatable bonds is 8. The number of hydrogen-bond acceptors (Lipinski definition) is 2. The maximum atomic E-state index is 5.18. The topological polar surface area (TPSA) is 18.5 Å². The summed E-state index contributed by atoms with van der Waals surface area (Å²) in [6.07, 6.45) is 5.82. The molecule has 0 N–H and O–H groups in total. The summed E-state index contributed by atoms with van der Waals surface area (Å²) in [5.41, 5.74) is 0. The minimum absolute atomic E-state index is 0. The van der Waals surface area contributed by atoms with E-state index in [-0.39, 0.29) is 47.0 Å². The van der Waals surface area contributed by atoms with Gasteiger partial charge in [-0.2, -0.15) is 13.3 Å². The van der Waals surface area contributed by atoms with Gasteiger partial charge in [-0.25, -0.2) is 0 Å². The smallest absolute Gasteiger partial charge is 1.00 e. The second-order valence-electron chi connectivity index (χ2n) is 3.21. The number of hydrogen-bond donors (Lipinski definition) is 0. The molecule has 0 radical (unpaired) electrons. The van der Waals surface area contributed by atoms with Crippen molar-refractivity contribution in [2.45, 2.75) is 33.1 Å². The van der Waals surface area contributed by atoms with Crippen molar-refractivity contribution < 1.29 is 33.5 Å². The SMILES string of the molecule is C[CH-]CC(C)CCCOCOC.[I-].[Mg+2]. The van der Waals surface area contributed by atoms with Gasteiger partial charge >= 0.3 is 23.1 Å². The Labute approximate surface area is 122 Å². The molecule has 0 fully saturated rings. The van der Waals surface area contributed by atoms with Crippen molar-refractivity contribution in [2.75, 3.05) is 20.5 Å². The van der Waals surface area contributed by atoms with E-state index in [1.165, 1.54) is 12.8 Å². The Morgan fingerprint density at radius 2 is 2.00 bits per heavy atom. The molecule has 0 saturated heterocycles. The zero-order valence-electron chi connectivity index (χ0n) is 9.59. The molecule has 0 aliphatic heterocycles. The van der Waals surface area contributed by atoms with E-state index in [2.05, 4.69) is 20.3 Å². The Balaban J connectivity index is -0.000000605. The van der Waals surface area contributed by atoms with Crippen LogP contribution in [0.4, 0.5) is 0 Å². The van der Waals surface area contributed by atoms with Gasteiger partial charge in [-0.1, -0.05) is 19.3 Å². The maximum Gasteiger partial charge on any atom is 2.00 e. The molecule has 0 spiro atoms. The third-order valence-corrected chi connectivity index (χ3v) is 1.82. The normalized spacial score (nSPS) is 11.4. The zero-order chi connectivity index (χ0) is 9.23. The third-order valence-electron chi connectivity index (χ3n) is 1.82. The molecular formula is C10H21IMgO2. The fourth-order valence-corrected chi connectivity index (χ4v) is 1.20. The molecule has 0 aliphatic carbocycles. The van der Waals surface area contributed by atoms with Crippen molar-refractivity contribution in [3.63, 3.8) is 0 Å². The van der Waals surface area contributed by atoms with Gasteiger partial charge in [-0.15, -0.1) is 0 Å². The van der Waals surface area contributed by atoms with Crippen LogP contribution in [0.2, 0.25) is 0 Å². The predicted octanol–water partition coefficient (Wildman–Crippen LogP) is -0.739. The molecule has 82 valence electrons.